The van der Waals surface area contributed by atoms with E-state index in [0.29, 0.717) is 0 Å². The predicted molar refractivity (Wildman–Crippen MR) is 158 cm³/mol. The van der Waals surface area contributed by atoms with E-state index in [2.05, 4.69) is 26.0 Å². The molecule has 6 rings (SSSR count). The number of phosphoric ester groups is 1. The number of fused-ring (bicyclic) bond motifs is 4. The quantitative estimate of drug-likeness (QED) is 0.204. The van der Waals surface area contributed by atoms with Crippen LogP contribution in [0.15, 0.2) is 105 Å². The summed E-state index contributed by atoms with van der Waals surface area (Å²) < 4.78 is 25.3. The van der Waals surface area contributed by atoms with Crippen LogP contribution < -0.4 is 34.5 Å². The van der Waals surface area contributed by atoms with Crippen LogP contribution in [0.5, 0.6) is 0 Å². The molecule has 0 aromatic heterocycles. The van der Waals surface area contributed by atoms with Crippen LogP contribution >= 0.6 is 31.3 Å². The van der Waals surface area contributed by atoms with Gasteiger partial charge in [-0.1, -0.05) is 110 Å². The fourth-order valence-electron chi connectivity index (χ4n) is 4.81. The van der Waals surface area contributed by atoms with Gasteiger partial charge in [0, 0.05) is 30.7 Å². The van der Waals surface area contributed by atoms with Crippen LogP contribution in [0.4, 0.5) is 0 Å². The topological polar surface area (TPSA) is 58.6 Å². The molecule has 196 valence electrons. The maximum atomic E-state index is 13.6. The van der Waals surface area contributed by atoms with Crippen molar-refractivity contribution in [1.29, 1.82) is 0 Å². The largest absolute Gasteiger partial charge is 1.00 e. The van der Waals surface area contributed by atoms with Gasteiger partial charge in [0.2, 0.25) is 0 Å². The van der Waals surface area contributed by atoms with Crippen LogP contribution in [0.1, 0.15) is 47.2 Å². The summed E-state index contributed by atoms with van der Waals surface area (Å²) in [7, 11) is -4.86. The average Bonchev–Trinajstić information content (AvgIpc) is 3.19. The molecule has 0 bridgehead atoms. The minimum Gasteiger partial charge on any atom is -0.736 e. The van der Waals surface area contributed by atoms with Gasteiger partial charge in [0.1, 0.15) is 11.5 Å². The van der Waals surface area contributed by atoms with Crippen molar-refractivity contribution < 1.29 is 48.1 Å². The van der Waals surface area contributed by atoms with E-state index in [1.54, 1.807) is 35.7 Å². The smallest absolute Gasteiger partial charge is 0.736 e. The first kappa shape index (κ1) is 29.3. The van der Waals surface area contributed by atoms with E-state index in [1.807, 2.05) is 72.8 Å². The number of rotatable bonds is 6. The van der Waals surface area contributed by atoms with E-state index >= 15 is 0 Å². The molecule has 0 atom stereocenters. The van der Waals surface area contributed by atoms with Gasteiger partial charge in [-0.3, -0.25) is 0 Å². The Morgan fingerprint density at radius 3 is 1.50 bits per heavy atom. The maximum absolute atomic E-state index is 13.6. The minimum absolute atomic E-state index is 0. The third kappa shape index (κ3) is 5.91. The van der Waals surface area contributed by atoms with E-state index in [9.17, 15) is 9.46 Å². The second kappa shape index (κ2) is 12.4. The number of aryl methyl sites for hydroxylation is 2. The summed E-state index contributed by atoms with van der Waals surface area (Å²) in [5.74, 6) is 0.505. The monoisotopic (exact) mass is 592 g/mol. The molecular formula is C32H26NaO4PS2. The van der Waals surface area contributed by atoms with Crippen molar-refractivity contribution >= 4 is 55.0 Å². The summed E-state index contributed by atoms with van der Waals surface area (Å²) in [5.41, 5.74) is 5.53. The first-order chi connectivity index (χ1) is 19.0. The zero-order valence-corrected chi connectivity index (χ0v) is 27.1. The second-order valence-electron chi connectivity index (χ2n) is 9.22. The number of hydrogen-bond acceptors (Lipinski definition) is 6. The molecule has 0 saturated carbocycles. The van der Waals surface area contributed by atoms with Crippen LogP contribution in [0.25, 0.3) is 23.7 Å². The second-order valence-corrected chi connectivity index (χ2v) is 12.6. The third-order valence-corrected chi connectivity index (χ3v) is 10.1. The molecule has 0 saturated heterocycles. The molecule has 8 heteroatoms. The first-order valence-electron chi connectivity index (χ1n) is 12.9. The number of hydrogen-bond donors (Lipinski definition) is 0. The molecule has 2 aliphatic heterocycles. The van der Waals surface area contributed by atoms with Crippen LogP contribution in [0.3, 0.4) is 0 Å². The molecule has 4 aromatic rings. The number of phosphoric acid groups is 1. The van der Waals surface area contributed by atoms with Crippen molar-refractivity contribution in [2.45, 2.75) is 46.3 Å². The van der Waals surface area contributed by atoms with Gasteiger partial charge in [0.25, 0.3) is 0 Å². The summed E-state index contributed by atoms with van der Waals surface area (Å²) in [6.45, 7) is 4.18. The Morgan fingerprint density at radius 1 is 0.650 bits per heavy atom. The third-order valence-electron chi connectivity index (χ3n) is 6.74. The number of benzene rings is 4. The van der Waals surface area contributed by atoms with Gasteiger partial charge in [-0.15, -0.1) is 0 Å². The Bertz CT molecular complexity index is 1580. The van der Waals surface area contributed by atoms with E-state index in [0.717, 1.165) is 65.8 Å². The van der Waals surface area contributed by atoms with Crippen molar-refractivity contribution in [1.82, 2.24) is 0 Å². The molecule has 0 fully saturated rings. The standard InChI is InChI=1S/C32H27O4PS2.Na/c1-3-21-13-9-15-25-27(19-23-11-5-7-17-29(23)38-31(21)25)35-37(33,34)36-28-20-24-12-6-8-18-30(24)39-32-22(4-2)14-10-16-26(28)32;/h5-20H,3-4H2,1-2H3,(H,33,34);/q;+1/p-1. The molecule has 0 unspecified atom stereocenters. The van der Waals surface area contributed by atoms with E-state index in [1.165, 1.54) is 0 Å². The Balaban J connectivity index is 0.00000323. The molecule has 0 radical (unpaired) electrons. The van der Waals surface area contributed by atoms with Gasteiger partial charge in [-0.05, 0) is 59.4 Å². The van der Waals surface area contributed by atoms with E-state index < -0.39 is 7.82 Å². The Labute approximate surface area is 265 Å². The zero-order chi connectivity index (χ0) is 27.0. The van der Waals surface area contributed by atoms with Gasteiger partial charge >= 0.3 is 37.4 Å². The summed E-state index contributed by atoms with van der Waals surface area (Å²) >= 11 is 3.26. The molecule has 0 aliphatic carbocycles. The normalized spacial score (nSPS) is 13.6. The average molecular weight is 593 g/mol. The van der Waals surface area contributed by atoms with Gasteiger partial charge < -0.3 is 13.9 Å². The summed E-state index contributed by atoms with van der Waals surface area (Å²) in [6, 6.07) is 27.7. The van der Waals surface area contributed by atoms with Crippen molar-refractivity contribution in [3.05, 3.63) is 118 Å². The van der Waals surface area contributed by atoms with Crippen LogP contribution in [-0.4, -0.2) is 0 Å². The van der Waals surface area contributed by atoms with Crippen LogP contribution in [0, 0.1) is 0 Å². The Kier molecular flexibility index (Phi) is 9.08. The summed E-state index contributed by atoms with van der Waals surface area (Å²) in [4.78, 5) is 17.7. The molecule has 4 nitrogen and oxygen atoms in total. The van der Waals surface area contributed by atoms with Gasteiger partial charge in [-0.25, -0.2) is 4.57 Å². The fraction of sp³-hybridized carbons (Fsp3) is 0.125. The van der Waals surface area contributed by atoms with Crippen molar-refractivity contribution in [3.8, 4) is 0 Å². The summed E-state index contributed by atoms with van der Waals surface area (Å²) in [6.07, 6.45) is 5.21. The fourth-order valence-corrected chi connectivity index (χ4v) is 8.10. The van der Waals surface area contributed by atoms with Crippen molar-refractivity contribution in [2.75, 3.05) is 0 Å². The molecule has 2 aliphatic rings. The first-order valence-corrected chi connectivity index (χ1v) is 16.0. The van der Waals surface area contributed by atoms with Crippen LogP contribution in [-0.2, 0) is 26.5 Å². The van der Waals surface area contributed by atoms with Gasteiger partial charge in [0.05, 0.1) is 0 Å². The zero-order valence-electron chi connectivity index (χ0n) is 22.5. The minimum atomic E-state index is -4.86. The molecule has 40 heavy (non-hydrogen) atoms. The van der Waals surface area contributed by atoms with Crippen molar-refractivity contribution in [2.24, 2.45) is 0 Å². The molecule has 0 amide bonds. The Morgan fingerprint density at radius 2 is 1.07 bits per heavy atom. The predicted octanol–water partition coefficient (Wildman–Crippen LogP) is 5.94. The van der Waals surface area contributed by atoms with E-state index in [4.69, 9.17) is 9.05 Å². The van der Waals surface area contributed by atoms with E-state index in [-0.39, 0.29) is 41.1 Å². The molecule has 0 N–H and O–H groups in total. The molecule has 4 aromatic carbocycles. The SMILES string of the molecule is CCc1cccc2c1Sc1ccccc1C=C2OP(=O)([O-])OC1=Cc2ccccc2Sc2c(CC)cccc21.[Na+]. The molecule has 2 heterocycles. The van der Waals surface area contributed by atoms with Gasteiger partial charge in [-0.2, -0.15) is 0 Å². The van der Waals surface area contributed by atoms with Crippen molar-refractivity contribution in [3.63, 3.8) is 0 Å². The van der Waals surface area contributed by atoms with Gasteiger partial charge in [0.15, 0.2) is 0 Å². The Hall–Kier alpha value is -2.15. The van der Waals surface area contributed by atoms with Crippen LogP contribution in [0.2, 0.25) is 0 Å². The molecular weight excluding hydrogens is 566 g/mol. The summed E-state index contributed by atoms with van der Waals surface area (Å²) in [5, 5.41) is 0. The molecule has 0 spiro atoms. The maximum Gasteiger partial charge on any atom is 1.00 e.